The summed E-state index contributed by atoms with van der Waals surface area (Å²) >= 11 is 4.39. The molecular weight excluding hydrogens is 267 g/mol. The van der Waals surface area contributed by atoms with E-state index >= 15 is 0 Å². The highest BCUT2D eigenvalue weighted by molar-refractivity contribution is 9.08. The second-order valence-corrected chi connectivity index (χ2v) is 4.49. The summed E-state index contributed by atoms with van der Waals surface area (Å²) in [5.74, 6) is 0. The number of thiophene rings is 1. The lowest BCUT2D eigenvalue weighted by molar-refractivity contribution is 0.112. The van der Waals surface area contributed by atoms with Gasteiger partial charge in [0, 0.05) is 15.6 Å². The molecule has 0 amide bonds. The van der Waals surface area contributed by atoms with Gasteiger partial charge in [0.15, 0.2) is 5.13 Å². The van der Waals surface area contributed by atoms with Crippen LogP contribution in [0.1, 0.15) is 15.9 Å². The molecule has 0 aliphatic heterocycles. The van der Waals surface area contributed by atoms with Crippen molar-refractivity contribution in [3.05, 3.63) is 34.5 Å². The maximum atomic E-state index is 12.9. The molecule has 0 radical (unpaired) electrons. The van der Waals surface area contributed by atoms with E-state index in [4.69, 9.17) is 0 Å². The standard InChI is InChI=1S/C10H6BrFOS/c11-4-7-2-9-6(1-8(7)5-13)3-10(12)14-9/h1-3,5H,4H2. The number of hydrogen-bond donors (Lipinski definition) is 0. The number of hydrogen-bond acceptors (Lipinski definition) is 2. The number of halogens is 2. The Kier molecular flexibility index (Phi) is 2.65. The van der Waals surface area contributed by atoms with Crippen LogP contribution in [0.25, 0.3) is 10.1 Å². The number of aldehydes is 1. The molecule has 0 aliphatic rings. The Bertz CT molecular complexity index is 492. The largest absolute Gasteiger partial charge is 0.298 e. The van der Waals surface area contributed by atoms with Crippen molar-refractivity contribution in [3.63, 3.8) is 0 Å². The quantitative estimate of drug-likeness (QED) is 0.601. The fourth-order valence-corrected chi connectivity index (χ4v) is 2.66. The van der Waals surface area contributed by atoms with E-state index in [0.29, 0.717) is 10.9 Å². The van der Waals surface area contributed by atoms with E-state index in [2.05, 4.69) is 15.9 Å². The number of rotatable bonds is 2. The van der Waals surface area contributed by atoms with Crippen molar-refractivity contribution in [3.8, 4) is 0 Å². The first-order valence-corrected chi connectivity index (χ1v) is 5.91. The van der Waals surface area contributed by atoms with Crippen LogP contribution in [0.2, 0.25) is 0 Å². The summed E-state index contributed by atoms with van der Waals surface area (Å²) in [5, 5.41) is 1.18. The van der Waals surface area contributed by atoms with Gasteiger partial charge in [-0.05, 0) is 29.1 Å². The lowest BCUT2D eigenvalue weighted by atomic mass is 10.1. The molecule has 0 fully saturated rings. The summed E-state index contributed by atoms with van der Waals surface area (Å²) in [6.45, 7) is 0. The SMILES string of the molecule is O=Cc1cc2cc(F)sc2cc1CBr. The molecule has 1 heterocycles. The van der Waals surface area contributed by atoms with Gasteiger partial charge in [0.1, 0.15) is 6.29 Å². The number of carbonyl (C=O) groups is 1. The highest BCUT2D eigenvalue weighted by Gasteiger charge is 2.06. The van der Waals surface area contributed by atoms with E-state index in [1.165, 1.54) is 6.07 Å². The monoisotopic (exact) mass is 272 g/mol. The van der Waals surface area contributed by atoms with Gasteiger partial charge < -0.3 is 0 Å². The number of benzene rings is 1. The zero-order valence-corrected chi connectivity index (χ0v) is 9.49. The number of fused-ring (bicyclic) bond motifs is 1. The molecule has 0 N–H and O–H groups in total. The first-order chi connectivity index (χ1) is 6.74. The molecule has 4 heteroatoms. The van der Waals surface area contributed by atoms with E-state index < -0.39 is 0 Å². The second-order valence-electron chi connectivity index (χ2n) is 2.89. The molecular formula is C10H6BrFOS. The second kappa shape index (κ2) is 3.79. The van der Waals surface area contributed by atoms with Crippen LogP contribution in [0.15, 0.2) is 18.2 Å². The molecule has 2 rings (SSSR count). The minimum Gasteiger partial charge on any atom is -0.298 e. The zero-order valence-electron chi connectivity index (χ0n) is 7.09. The van der Waals surface area contributed by atoms with Crippen LogP contribution in [-0.4, -0.2) is 6.29 Å². The third-order valence-corrected chi connectivity index (χ3v) is 3.51. The van der Waals surface area contributed by atoms with Crippen molar-refractivity contribution >= 4 is 43.6 Å². The van der Waals surface area contributed by atoms with Crippen LogP contribution in [0.4, 0.5) is 4.39 Å². The number of carbonyl (C=O) groups excluding carboxylic acids is 1. The highest BCUT2D eigenvalue weighted by Crippen LogP contribution is 2.27. The first kappa shape index (κ1) is 9.80. The van der Waals surface area contributed by atoms with Gasteiger partial charge in [0.25, 0.3) is 0 Å². The van der Waals surface area contributed by atoms with Crippen molar-refractivity contribution in [2.75, 3.05) is 0 Å². The lowest BCUT2D eigenvalue weighted by Crippen LogP contribution is -1.87. The Morgan fingerprint density at radius 2 is 2.21 bits per heavy atom. The molecule has 14 heavy (non-hydrogen) atoms. The Hall–Kier alpha value is -0.740. The van der Waals surface area contributed by atoms with Gasteiger partial charge in [-0.2, -0.15) is 4.39 Å². The molecule has 72 valence electrons. The third kappa shape index (κ3) is 1.60. The van der Waals surface area contributed by atoms with Crippen LogP contribution in [-0.2, 0) is 5.33 Å². The van der Waals surface area contributed by atoms with Gasteiger partial charge in [-0.15, -0.1) is 11.3 Å². The minimum atomic E-state index is -0.219. The van der Waals surface area contributed by atoms with Crippen LogP contribution >= 0.6 is 27.3 Å². The van der Waals surface area contributed by atoms with Crippen molar-refractivity contribution in [1.82, 2.24) is 0 Å². The normalized spacial score (nSPS) is 10.7. The van der Waals surface area contributed by atoms with Crippen molar-refractivity contribution in [2.24, 2.45) is 0 Å². The Balaban J connectivity index is 2.74. The zero-order chi connectivity index (χ0) is 10.1. The van der Waals surface area contributed by atoms with E-state index in [0.717, 1.165) is 33.3 Å². The average Bonchev–Trinajstić information content (AvgIpc) is 2.54. The molecule has 0 atom stereocenters. The van der Waals surface area contributed by atoms with E-state index in [-0.39, 0.29) is 5.13 Å². The number of alkyl halides is 1. The molecule has 1 nitrogen and oxygen atoms in total. The fourth-order valence-electron chi connectivity index (χ4n) is 1.34. The summed E-state index contributed by atoms with van der Waals surface area (Å²) in [5.41, 5.74) is 1.52. The molecule has 0 aliphatic carbocycles. The molecule has 1 aromatic carbocycles. The van der Waals surface area contributed by atoms with E-state index in [9.17, 15) is 9.18 Å². The summed E-state index contributed by atoms with van der Waals surface area (Å²) in [6, 6.07) is 5.02. The van der Waals surface area contributed by atoms with Crippen LogP contribution in [0.3, 0.4) is 0 Å². The molecule has 0 spiro atoms. The highest BCUT2D eigenvalue weighted by atomic mass is 79.9. The molecule has 2 aromatic rings. The third-order valence-electron chi connectivity index (χ3n) is 2.02. The maximum Gasteiger partial charge on any atom is 0.177 e. The summed E-state index contributed by atoms with van der Waals surface area (Å²) in [4.78, 5) is 10.7. The van der Waals surface area contributed by atoms with E-state index in [1.807, 2.05) is 6.07 Å². The van der Waals surface area contributed by atoms with Gasteiger partial charge in [0.05, 0.1) is 0 Å². The predicted molar refractivity (Wildman–Crippen MR) is 59.8 cm³/mol. The summed E-state index contributed by atoms with van der Waals surface area (Å²) in [6.07, 6.45) is 0.797. The predicted octanol–water partition coefficient (Wildman–Crippen LogP) is 3.75. The molecule has 0 saturated heterocycles. The Labute approximate surface area is 92.7 Å². The van der Waals surface area contributed by atoms with Gasteiger partial charge >= 0.3 is 0 Å². The van der Waals surface area contributed by atoms with Crippen molar-refractivity contribution in [1.29, 1.82) is 0 Å². The molecule has 0 unspecified atom stereocenters. The Morgan fingerprint density at radius 1 is 1.43 bits per heavy atom. The van der Waals surface area contributed by atoms with Gasteiger partial charge in [-0.3, -0.25) is 4.79 Å². The van der Waals surface area contributed by atoms with E-state index in [1.54, 1.807) is 6.07 Å². The first-order valence-electron chi connectivity index (χ1n) is 3.97. The Morgan fingerprint density at radius 3 is 2.86 bits per heavy atom. The van der Waals surface area contributed by atoms with Crippen molar-refractivity contribution in [2.45, 2.75) is 5.33 Å². The van der Waals surface area contributed by atoms with Gasteiger partial charge in [-0.25, -0.2) is 0 Å². The minimum absolute atomic E-state index is 0.219. The van der Waals surface area contributed by atoms with Gasteiger partial charge in [0.2, 0.25) is 0 Å². The average molecular weight is 273 g/mol. The topological polar surface area (TPSA) is 17.1 Å². The molecule has 1 aromatic heterocycles. The summed E-state index contributed by atoms with van der Waals surface area (Å²) in [7, 11) is 0. The fraction of sp³-hybridized carbons (Fsp3) is 0.100. The lowest BCUT2D eigenvalue weighted by Gasteiger charge is -1.99. The van der Waals surface area contributed by atoms with Crippen LogP contribution in [0.5, 0.6) is 0 Å². The van der Waals surface area contributed by atoms with Gasteiger partial charge in [-0.1, -0.05) is 15.9 Å². The van der Waals surface area contributed by atoms with Crippen LogP contribution < -0.4 is 0 Å². The van der Waals surface area contributed by atoms with Crippen molar-refractivity contribution < 1.29 is 9.18 Å². The molecule has 0 bridgehead atoms. The smallest absolute Gasteiger partial charge is 0.177 e. The molecule has 0 saturated carbocycles. The maximum absolute atomic E-state index is 12.9. The van der Waals surface area contributed by atoms with Crippen LogP contribution in [0, 0.1) is 5.13 Å². The summed E-state index contributed by atoms with van der Waals surface area (Å²) < 4.78 is 13.8.